The second kappa shape index (κ2) is 7.73. The molecule has 3 aromatic rings. The molecule has 4 rings (SSSR count). The molecule has 1 heterocycles. The molecule has 0 bridgehead atoms. The van der Waals surface area contributed by atoms with Crippen LogP contribution in [0.25, 0.3) is 11.1 Å². The zero-order chi connectivity index (χ0) is 23.3. The first-order chi connectivity index (χ1) is 15.0. The molecule has 0 atom stereocenters. The highest BCUT2D eigenvalue weighted by atomic mass is 32.2. The number of anilines is 1. The molecule has 168 valence electrons. The normalized spacial score (nSPS) is 14.1. The van der Waals surface area contributed by atoms with Gasteiger partial charge in [0.05, 0.1) is 22.7 Å². The van der Waals surface area contributed by atoms with Gasteiger partial charge in [0.2, 0.25) is 0 Å². The zero-order valence-corrected chi connectivity index (χ0v) is 16.8. The SMILES string of the molecule is O=S(=O)(c1cccc(C(F)(F)F)c1)N1CCOc2ccc(-c3cc(F)cc(F)c3F)cc21. The molecule has 1 aliphatic heterocycles. The summed E-state index contributed by atoms with van der Waals surface area (Å²) in [5.41, 5.74) is -1.74. The van der Waals surface area contributed by atoms with Crippen molar-refractivity contribution >= 4 is 15.7 Å². The van der Waals surface area contributed by atoms with Crippen molar-refractivity contribution < 1.29 is 39.5 Å². The molecule has 4 nitrogen and oxygen atoms in total. The summed E-state index contributed by atoms with van der Waals surface area (Å²) in [5, 5.41) is 0. The van der Waals surface area contributed by atoms with E-state index in [0.29, 0.717) is 12.1 Å². The number of ether oxygens (including phenoxy) is 1. The van der Waals surface area contributed by atoms with E-state index < -0.39 is 49.7 Å². The number of sulfonamides is 1. The highest BCUT2D eigenvalue weighted by molar-refractivity contribution is 7.92. The van der Waals surface area contributed by atoms with Gasteiger partial charge in [0.25, 0.3) is 10.0 Å². The van der Waals surface area contributed by atoms with Gasteiger partial charge in [-0.1, -0.05) is 12.1 Å². The number of hydrogen-bond acceptors (Lipinski definition) is 3. The van der Waals surface area contributed by atoms with Gasteiger partial charge in [-0.2, -0.15) is 13.2 Å². The summed E-state index contributed by atoms with van der Waals surface area (Å²) in [6, 6.07) is 8.08. The van der Waals surface area contributed by atoms with Gasteiger partial charge in [0, 0.05) is 11.6 Å². The highest BCUT2D eigenvalue weighted by Crippen LogP contribution is 2.40. The van der Waals surface area contributed by atoms with Crippen molar-refractivity contribution in [2.75, 3.05) is 17.5 Å². The van der Waals surface area contributed by atoms with Crippen molar-refractivity contribution in [3.63, 3.8) is 0 Å². The lowest BCUT2D eigenvalue weighted by Gasteiger charge is -2.31. The van der Waals surface area contributed by atoms with Gasteiger partial charge in [0.1, 0.15) is 18.2 Å². The minimum Gasteiger partial charge on any atom is -0.489 e. The molecule has 0 amide bonds. The Morgan fingerprint density at radius 2 is 1.69 bits per heavy atom. The predicted molar refractivity (Wildman–Crippen MR) is 103 cm³/mol. The van der Waals surface area contributed by atoms with E-state index in [1.165, 1.54) is 12.1 Å². The van der Waals surface area contributed by atoms with Gasteiger partial charge in [-0.3, -0.25) is 4.31 Å². The van der Waals surface area contributed by atoms with Gasteiger partial charge in [-0.15, -0.1) is 0 Å². The van der Waals surface area contributed by atoms with Crippen LogP contribution in [0.3, 0.4) is 0 Å². The van der Waals surface area contributed by atoms with E-state index in [1.807, 2.05) is 0 Å². The molecule has 1 aliphatic rings. The molecule has 0 saturated carbocycles. The lowest BCUT2D eigenvalue weighted by Crippen LogP contribution is -2.38. The number of alkyl halides is 3. The summed E-state index contributed by atoms with van der Waals surface area (Å²) in [6.45, 7) is -0.331. The molecular formula is C21H13F6NO3S. The molecule has 0 aliphatic carbocycles. The van der Waals surface area contributed by atoms with Gasteiger partial charge in [-0.25, -0.2) is 21.6 Å². The first kappa shape index (κ1) is 22.0. The number of rotatable bonds is 3. The monoisotopic (exact) mass is 473 g/mol. The Kier molecular flexibility index (Phi) is 5.32. The molecule has 0 unspecified atom stereocenters. The Balaban J connectivity index is 1.83. The molecule has 0 spiro atoms. The fourth-order valence-electron chi connectivity index (χ4n) is 3.34. The third-order valence-electron chi connectivity index (χ3n) is 4.83. The van der Waals surface area contributed by atoms with Crippen molar-refractivity contribution in [3.8, 4) is 16.9 Å². The summed E-state index contributed by atoms with van der Waals surface area (Å²) >= 11 is 0. The molecule has 32 heavy (non-hydrogen) atoms. The first-order valence-electron chi connectivity index (χ1n) is 9.10. The van der Waals surface area contributed by atoms with Crippen LogP contribution >= 0.6 is 0 Å². The van der Waals surface area contributed by atoms with Gasteiger partial charge < -0.3 is 4.74 Å². The lowest BCUT2D eigenvalue weighted by atomic mass is 10.0. The Morgan fingerprint density at radius 1 is 0.938 bits per heavy atom. The fourth-order valence-corrected chi connectivity index (χ4v) is 4.83. The number of fused-ring (bicyclic) bond motifs is 1. The van der Waals surface area contributed by atoms with Crippen molar-refractivity contribution in [1.29, 1.82) is 0 Å². The van der Waals surface area contributed by atoms with Crippen LogP contribution in [0.4, 0.5) is 32.0 Å². The van der Waals surface area contributed by atoms with Crippen molar-refractivity contribution in [1.82, 2.24) is 0 Å². The maximum atomic E-state index is 14.2. The molecule has 0 aromatic heterocycles. The summed E-state index contributed by atoms with van der Waals surface area (Å²) in [6.07, 6.45) is -4.75. The topological polar surface area (TPSA) is 46.6 Å². The minimum atomic E-state index is -4.75. The molecule has 11 heteroatoms. The van der Waals surface area contributed by atoms with E-state index in [1.54, 1.807) is 0 Å². The minimum absolute atomic E-state index is 0.0469. The smallest absolute Gasteiger partial charge is 0.416 e. The van der Waals surface area contributed by atoms with Crippen LogP contribution in [0, 0.1) is 17.5 Å². The summed E-state index contributed by atoms with van der Waals surface area (Å²) in [5.74, 6) is -3.74. The third-order valence-corrected chi connectivity index (χ3v) is 6.64. The largest absolute Gasteiger partial charge is 0.489 e. The second-order valence-electron chi connectivity index (χ2n) is 6.88. The van der Waals surface area contributed by atoms with Crippen LogP contribution in [0.15, 0.2) is 59.5 Å². The second-order valence-corrected chi connectivity index (χ2v) is 8.75. The number of hydrogen-bond donors (Lipinski definition) is 0. The summed E-state index contributed by atoms with van der Waals surface area (Å²) in [4.78, 5) is -0.603. The van der Waals surface area contributed by atoms with Crippen LogP contribution in [-0.2, 0) is 16.2 Å². The molecule has 0 saturated heterocycles. The quantitative estimate of drug-likeness (QED) is 0.379. The number of nitrogens with zero attached hydrogens (tertiary/aromatic N) is 1. The maximum absolute atomic E-state index is 14.2. The molecule has 3 aromatic carbocycles. The standard InChI is InChI=1S/C21H13F6NO3S/c22-14-10-16(20(24)17(23)11-14)12-4-5-19-18(8-12)28(6-7-31-19)32(29,30)15-3-1-2-13(9-15)21(25,26)27/h1-5,8-11H,6-7H2. The molecular weight excluding hydrogens is 460 g/mol. The van der Waals surface area contributed by atoms with Gasteiger partial charge in [-0.05, 0) is 42.0 Å². The molecule has 0 N–H and O–H groups in total. The van der Waals surface area contributed by atoms with Crippen molar-refractivity contribution in [2.24, 2.45) is 0 Å². The number of benzene rings is 3. The Morgan fingerprint density at radius 3 is 2.41 bits per heavy atom. The van der Waals surface area contributed by atoms with Gasteiger partial charge in [0.15, 0.2) is 11.6 Å². The summed E-state index contributed by atoms with van der Waals surface area (Å²) < 4.78 is 113. The van der Waals surface area contributed by atoms with E-state index >= 15 is 0 Å². The maximum Gasteiger partial charge on any atom is 0.416 e. The Hall–Kier alpha value is -3.21. The number of halogens is 6. The average Bonchev–Trinajstić information content (AvgIpc) is 2.75. The first-order valence-corrected chi connectivity index (χ1v) is 10.5. The Bertz CT molecular complexity index is 1310. The summed E-state index contributed by atoms with van der Waals surface area (Å²) in [7, 11) is -4.47. The van der Waals surface area contributed by atoms with Crippen LogP contribution in [0.1, 0.15) is 5.56 Å². The van der Waals surface area contributed by atoms with Crippen LogP contribution < -0.4 is 9.04 Å². The van der Waals surface area contributed by atoms with Crippen LogP contribution in [0.2, 0.25) is 0 Å². The van der Waals surface area contributed by atoms with Crippen LogP contribution in [0.5, 0.6) is 5.75 Å². The van der Waals surface area contributed by atoms with Crippen molar-refractivity contribution in [3.05, 3.63) is 77.6 Å². The van der Waals surface area contributed by atoms with E-state index in [2.05, 4.69) is 0 Å². The fraction of sp³-hybridized carbons (Fsp3) is 0.143. The zero-order valence-electron chi connectivity index (χ0n) is 16.0. The van der Waals surface area contributed by atoms with E-state index in [0.717, 1.165) is 34.6 Å². The molecule has 0 fully saturated rings. The van der Waals surface area contributed by atoms with Crippen LogP contribution in [-0.4, -0.2) is 21.6 Å². The Labute approximate surface area is 178 Å². The predicted octanol–water partition coefficient (Wildman–Crippen LogP) is 5.38. The lowest BCUT2D eigenvalue weighted by molar-refractivity contribution is -0.137. The molecule has 0 radical (unpaired) electrons. The van der Waals surface area contributed by atoms with E-state index in [4.69, 9.17) is 4.74 Å². The average molecular weight is 473 g/mol. The van der Waals surface area contributed by atoms with E-state index in [9.17, 15) is 34.8 Å². The van der Waals surface area contributed by atoms with E-state index in [-0.39, 0.29) is 30.2 Å². The highest BCUT2D eigenvalue weighted by Gasteiger charge is 2.35. The van der Waals surface area contributed by atoms with Crippen molar-refractivity contribution in [2.45, 2.75) is 11.1 Å². The third kappa shape index (κ3) is 3.88. The van der Waals surface area contributed by atoms with Gasteiger partial charge >= 0.3 is 6.18 Å².